The van der Waals surface area contributed by atoms with E-state index in [0.717, 1.165) is 41.1 Å². The fourth-order valence-electron chi connectivity index (χ4n) is 2.40. The van der Waals surface area contributed by atoms with Crippen LogP contribution < -0.4 is 11.1 Å². The van der Waals surface area contributed by atoms with Crippen molar-refractivity contribution in [1.29, 1.82) is 0 Å². The number of nitrogens with two attached hydrogens (primary N) is 1. The van der Waals surface area contributed by atoms with E-state index in [0.29, 0.717) is 0 Å². The van der Waals surface area contributed by atoms with E-state index in [-0.39, 0.29) is 10.7 Å². The molecule has 3 N–H and O–H groups in total. The third kappa shape index (κ3) is 2.48. The van der Waals surface area contributed by atoms with Gasteiger partial charge >= 0.3 is 0 Å². The quantitative estimate of drug-likeness (QED) is 0.807. The van der Waals surface area contributed by atoms with Crippen LogP contribution in [0.4, 0.5) is 11.4 Å². The van der Waals surface area contributed by atoms with Gasteiger partial charge in [0.1, 0.15) is 0 Å². The SMILES string of the molecule is Cc1cc(N)cc(C)c1NC(=O)C1(C)CCCS1. The molecule has 0 radical (unpaired) electrons. The molecule has 1 unspecified atom stereocenters. The summed E-state index contributed by atoms with van der Waals surface area (Å²) in [4.78, 5) is 12.4. The summed E-state index contributed by atoms with van der Waals surface area (Å²) < 4.78 is -0.278. The molecule has 0 bridgehead atoms. The molecule has 18 heavy (non-hydrogen) atoms. The van der Waals surface area contributed by atoms with Gasteiger partial charge in [0.15, 0.2) is 0 Å². The highest BCUT2D eigenvalue weighted by Crippen LogP contribution is 2.39. The molecule has 1 aliphatic rings. The van der Waals surface area contributed by atoms with Gasteiger partial charge in [0.2, 0.25) is 5.91 Å². The number of carbonyl (C=O) groups is 1. The van der Waals surface area contributed by atoms with Crippen molar-refractivity contribution in [3.05, 3.63) is 23.3 Å². The normalized spacial score (nSPS) is 23.1. The maximum Gasteiger partial charge on any atom is 0.240 e. The molecule has 1 fully saturated rings. The van der Waals surface area contributed by atoms with Gasteiger partial charge in [-0.2, -0.15) is 0 Å². The number of thioether (sulfide) groups is 1. The molecule has 98 valence electrons. The standard InChI is InChI=1S/C14H20N2OS/c1-9-7-11(15)8-10(2)12(9)16-13(17)14(3)5-4-6-18-14/h7-8H,4-6,15H2,1-3H3,(H,16,17). The molecule has 1 saturated heterocycles. The van der Waals surface area contributed by atoms with Crippen LogP contribution in [0.2, 0.25) is 0 Å². The van der Waals surface area contributed by atoms with E-state index in [4.69, 9.17) is 5.73 Å². The molecule has 0 saturated carbocycles. The summed E-state index contributed by atoms with van der Waals surface area (Å²) in [6.07, 6.45) is 2.07. The second kappa shape index (κ2) is 4.84. The van der Waals surface area contributed by atoms with Crippen LogP contribution in [0.25, 0.3) is 0 Å². The third-order valence-electron chi connectivity index (χ3n) is 3.49. The van der Waals surface area contributed by atoms with Gasteiger partial charge in [-0.15, -0.1) is 11.8 Å². The topological polar surface area (TPSA) is 55.1 Å². The molecule has 2 rings (SSSR count). The molecule has 0 spiro atoms. The molecule has 1 amide bonds. The molecule has 3 nitrogen and oxygen atoms in total. The molecule has 0 aromatic heterocycles. The number of benzene rings is 1. The van der Waals surface area contributed by atoms with Crippen molar-refractivity contribution in [3.8, 4) is 0 Å². The highest BCUT2D eigenvalue weighted by Gasteiger charge is 2.37. The van der Waals surface area contributed by atoms with E-state index in [1.807, 2.05) is 32.9 Å². The minimum atomic E-state index is -0.278. The first-order chi connectivity index (χ1) is 8.42. The zero-order valence-corrected chi connectivity index (χ0v) is 12.0. The number of hydrogen-bond acceptors (Lipinski definition) is 3. The minimum Gasteiger partial charge on any atom is -0.399 e. The summed E-state index contributed by atoms with van der Waals surface area (Å²) in [7, 11) is 0. The molecule has 1 aliphatic heterocycles. The van der Waals surface area contributed by atoms with Gasteiger partial charge in [0.25, 0.3) is 0 Å². The second-order valence-electron chi connectivity index (χ2n) is 5.17. The van der Waals surface area contributed by atoms with Crippen molar-refractivity contribution in [3.63, 3.8) is 0 Å². The molecule has 4 heteroatoms. The fourth-order valence-corrected chi connectivity index (χ4v) is 3.61. The summed E-state index contributed by atoms with van der Waals surface area (Å²) in [6, 6.07) is 3.79. The molecule has 1 aromatic rings. The Morgan fingerprint density at radius 2 is 2.00 bits per heavy atom. The predicted octanol–water partition coefficient (Wildman–Crippen LogP) is 3.11. The van der Waals surface area contributed by atoms with E-state index in [9.17, 15) is 4.79 Å². The summed E-state index contributed by atoms with van der Waals surface area (Å²) in [6.45, 7) is 5.98. The Hall–Kier alpha value is -1.16. The number of nitrogens with one attached hydrogen (secondary N) is 1. The van der Waals surface area contributed by atoms with Gasteiger partial charge in [0, 0.05) is 11.4 Å². The number of nitrogen functional groups attached to an aromatic ring is 1. The van der Waals surface area contributed by atoms with Crippen molar-refractivity contribution in [2.75, 3.05) is 16.8 Å². The van der Waals surface area contributed by atoms with E-state index in [1.54, 1.807) is 11.8 Å². The van der Waals surface area contributed by atoms with Crippen molar-refractivity contribution >= 4 is 29.0 Å². The van der Waals surface area contributed by atoms with Crippen LogP contribution in [0.5, 0.6) is 0 Å². The summed E-state index contributed by atoms with van der Waals surface area (Å²) in [5.74, 6) is 1.19. The van der Waals surface area contributed by atoms with Crippen molar-refractivity contribution in [1.82, 2.24) is 0 Å². The predicted molar refractivity (Wildman–Crippen MR) is 79.1 cm³/mol. The number of carbonyl (C=O) groups excluding carboxylic acids is 1. The highest BCUT2D eigenvalue weighted by atomic mass is 32.2. The van der Waals surface area contributed by atoms with Crippen molar-refractivity contribution in [2.24, 2.45) is 0 Å². The largest absolute Gasteiger partial charge is 0.399 e. The molecular weight excluding hydrogens is 244 g/mol. The van der Waals surface area contributed by atoms with Gasteiger partial charge in [-0.25, -0.2) is 0 Å². The average molecular weight is 264 g/mol. The van der Waals surface area contributed by atoms with Gasteiger partial charge in [-0.3, -0.25) is 4.79 Å². The lowest BCUT2D eigenvalue weighted by Crippen LogP contribution is -2.35. The lowest BCUT2D eigenvalue weighted by atomic mass is 10.0. The van der Waals surface area contributed by atoms with Gasteiger partial charge in [-0.1, -0.05) is 0 Å². The number of anilines is 2. The molecule has 0 aliphatic carbocycles. The minimum absolute atomic E-state index is 0.112. The Bertz CT molecular complexity index is 456. The molecular formula is C14H20N2OS. The number of amides is 1. The van der Waals surface area contributed by atoms with Crippen LogP contribution in [-0.2, 0) is 4.79 Å². The van der Waals surface area contributed by atoms with Crippen LogP contribution in [-0.4, -0.2) is 16.4 Å². The molecule has 1 aromatic carbocycles. The van der Waals surface area contributed by atoms with Crippen molar-refractivity contribution in [2.45, 2.75) is 38.4 Å². The van der Waals surface area contributed by atoms with Crippen molar-refractivity contribution < 1.29 is 4.79 Å². The van der Waals surface area contributed by atoms with Crippen LogP contribution in [0, 0.1) is 13.8 Å². The maximum absolute atomic E-state index is 12.4. The Balaban J connectivity index is 2.22. The van der Waals surface area contributed by atoms with E-state index < -0.39 is 0 Å². The van der Waals surface area contributed by atoms with Gasteiger partial charge < -0.3 is 11.1 Å². The van der Waals surface area contributed by atoms with Gasteiger partial charge in [-0.05, 0) is 62.6 Å². The Labute approximate surface area is 113 Å². The van der Waals surface area contributed by atoms with Gasteiger partial charge in [0.05, 0.1) is 4.75 Å². The average Bonchev–Trinajstić information content (AvgIpc) is 2.71. The zero-order chi connectivity index (χ0) is 13.3. The Kier molecular flexibility index (Phi) is 3.57. The first kappa shape index (κ1) is 13.3. The van der Waals surface area contributed by atoms with Crippen LogP contribution in [0.1, 0.15) is 30.9 Å². The third-order valence-corrected chi connectivity index (χ3v) is 5.01. The maximum atomic E-state index is 12.4. The monoisotopic (exact) mass is 264 g/mol. The first-order valence-electron chi connectivity index (χ1n) is 6.24. The highest BCUT2D eigenvalue weighted by molar-refractivity contribution is 8.01. The van der Waals surface area contributed by atoms with E-state index in [2.05, 4.69) is 5.32 Å². The van der Waals surface area contributed by atoms with E-state index >= 15 is 0 Å². The lowest BCUT2D eigenvalue weighted by Gasteiger charge is -2.23. The lowest BCUT2D eigenvalue weighted by molar-refractivity contribution is -0.118. The fraction of sp³-hybridized carbons (Fsp3) is 0.500. The van der Waals surface area contributed by atoms with E-state index in [1.165, 1.54) is 0 Å². The summed E-state index contributed by atoms with van der Waals surface area (Å²) >= 11 is 1.75. The summed E-state index contributed by atoms with van der Waals surface area (Å²) in [5.41, 5.74) is 9.48. The number of rotatable bonds is 2. The molecule has 1 heterocycles. The summed E-state index contributed by atoms with van der Waals surface area (Å²) in [5, 5.41) is 3.07. The Morgan fingerprint density at radius 1 is 1.39 bits per heavy atom. The molecule has 1 atom stereocenters. The second-order valence-corrected chi connectivity index (χ2v) is 6.76. The Morgan fingerprint density at radius 3 is 2.50 bits per heavy atom. The van der Waals surface area contributed by atoms with Crippen LogP contribution in [0.15, 0.2) is 12.1 Å². The smallest absolute Gasteiger partial charge is 0.240 e. The number of aryl methyl sites for hydroxylation is 2. The number of hydrogen-bond donors (Lipinski definition) is 2. The van der Waals surface area contributed by atoms with Crippen LogP contribution in [0.3, 0.4) is 0 Å². The first-order valence-corrected chi connectivity index (χ1v) is 7.23. The zero-order valence-electron chi connectivity index (χ0n) is 11.2. The van der Waals surface area contributed by atoms with Crippen LogP contribution >= 0.6 is 11.8 Å².